The lowest BCUT2D eigenvalue weighted by atomic mass is 10.1. The van der Waals surface area contributed by atoms with E-state index in [1.165, 1.54) is 12.1 Å². The maximum Gasteiger partial charge on any atom is 0.314 e. The van der Waals surface area contributed by atoms with E-state index < -0.39 is 6.10 Å². The zero-order valence-electron chi connectivity index (χ0n) is 13.4. The van der Waals surface area contributed by atoms with E-state index in [1.54, 1.807) is 18.3 Å². The molecule has 1 fully saturated rings. The van der Waals surface area contributed by atoms with Gasteiger partial charge in [0.1, 0.15) is 5.75 Å². The molecule has 0 saturated heterocycles. The number of rotatable bonds is 7. The Morgan fingerprint density at radius 3 is 2.83 bits per heavy atom. The molecule has 1 aliphatic carbocycles. The van der Waals surface area contributed by atoms with Crippen molar-refractivity contribution in [1.82, 2.24) is 20.4 Å². The molecule has 1 aromatic carbocycles. The number of phenols is 1. The second-order valence-electron chi connectivity index (χ2n) is 6.38. The van der Waals surface area contributed by atoms with Crippen LogP contribution in [0.1, 0.15) is 24.5 Å². The number of aromatic nitrogens is 2. The topological polar surface area (TPSA) is 99.4 Å². The third-order valence-electron chi connectivity index (χ3n) is 4.35. The van der Waals surface area contributed by atoms with Gasteiger partial charge >= 0.3 is 6.03 Å². The zero-order valence-corrected chi connectivity index (χ0v) is 13.4. The van der Waals surface area contributed by atoms with Crippen molar-refractivity contribution in [3.63, 3.8) is 0 Å². The van der Waals surface area contributed by atoms with E-state index in [0.717, 1.165) is 19.4 Å². The first kappa shape index (κ1) is 16.3. The van der Waals surface area contributed by atoms with Crippen molar-refractivity contribution < 1.29 is 15.0 Å². The number of urea groups is 1. The van der Waals surface area contributed by atoms with E-state index in [1.807, 2.05) is 16.9 Å². The Morgan fingerprint density at radius 1 is 1.33 bits per heavy atom. The van der Waals surface area contributed by atoms with Crippen molar-refractivity contribution in [2.45, 2.75) is 25.5 Å². The Labute approximate surface area is 140 Å². The maximum absolute atomic E-state index is 11.9. The SMILES string of the molecule is O=C(NC[C@H](O)c1cccc(O)c1)NCC1(Cn2cccn2)CC1. The van der Waals surface area contributed by atoms with Crippen molar-refractivity contribution in [3.8, 4) is 5.75 Å². The normalized spacial score (nSPS) is 16.4. The van der Waals surface area contributed by atoms with Gasteiger partial charge in [-0.25, -0.2) is 4.79 Å². The molecule has 0 spiro atoms. The molecular formula is C17H22N4O3. The summed E-state index contributed by atoms with van der Waals surface area (Å²) in [6, 6.07) is 7.95. The lowest BCUT2D eigenvalue weighted by Crippen LogP contribution is -2.41. The summed E-state index contributed by atoms with van der Waals surface area (Å²) in [4.78, 5) is 11.9. The number of hydrogen-bond acceptors (Lipinski definition) is 4. The van der Waals surface area contributed by atoms with Gasteiger partial charge < -0.3 is 20.8 Å². The van der Waals surface area contributed by atoms with Crippen molar-refractivity contribution in [2.75, 3.05) is 13.1 Å². The van der Waals surface area contributed by atoms with Crippen LogP contribution in [-0.2, 0) is 6.54 Å². The number of carbonyl (C=O) groups excluding carboxylic acids is 1. The molecule has 1 aromatic heterocycles. The first-order valence-electron chi connectivity index (χ1n) is 8.02. The van der Waals surface area contributed by atoms with E-state index in [-0.39, 0.29) is 23.7 Å². The lowest BCUT2D eigenvalue weighted by molar-refractivity contribution is 0.172. The van der Waals surface area contributed by atoms with Crippen LogP contribution in [-0.4, -0.2) is 39.1 Å². The zero-order chi connectivity index (χ0) is 17.0. The average Bonchev–Trinajstić information content (AvgIpc) is 3.14. The maximum atomic E-state index is 11.9. The Balaban J connectivity index is 1.41. The van der Waals surface area contributed by atoms with Crippen LogP contribution in [0.25, 0.3) is 0 Å². The fourth-order valence-electron chi connectivity index (χ4n) is 2.67. The van der Waals surface area contributed by atoms with E-state index in [2.05, 4.69) is 15.7 Å². The number of aliphatic hydroxyl groups excluding tert-OH is 1. The highest BCUT2D eigenvalue weighted by Crippen LogP contribution is 2.46. The number of carbonyl (C=O) groups is 1. The second-order valence-corrected chi connectivity index (χ2v) is 6.38. The monoisotopic (exact) mass is 330 g/mol. The molecule has 3 rings (SSSR count). The number of hydrogen-bond donors (Lipinski definition) is 4. The van der Waals surface area contributed by atoms with Gasteiger partial charge in [0.2, 0.25) is 0 Å². The molecule has 0 unspecified atom stereocenters. The molecule has 128 valence electrons. The number of aliphatic hydroxyl groups is 1. The van der Waals surface area contributed by atoms with Crippen LogP contribution in [0.2, 0.25) is 0 Å². The Morgan fingerprint density at radius 2 is 2.17 bits per heavy atom. The average molecular weight is 330 g/mol. The van der Waals surface area contributed by atoms with Gasteiger partial charge in [0, 0.05) is 37.4 Å². The molecule has 0 radical (unpaired) electrons. The van der Waals surface area contributed by atoms with Crippen LogP contribution >= 0.6 is 0 Å². The quantitative estimate of drug-likeness (QED) is 0.617. The molecule has 7 heteroatoms. The van der Waals surface area contributed by atoms with Crippen LogP contribution in [0.15, 0.2) is 42.7 Å². The molecule has 1 atom stereocenters. The van der Waals surface area contributed by atoms with Crippen molar-refractivity contribution in [2.24, 2.45) is 5.41 Å². The molecule has 4 N–H and O–H groups in total. The molecule has 2 amide bonds. The highest BCUT2D eigenvalue weighted by molar-refractivity contribution is 5.73. The minimum absolute atomic E-state index is 0.0848. The molecule has 2 aromatic rings. The van der Waals surface area contributed by atoms with Crippen LogP contribution in [0.3, 0.4) is 0 Å². The fourth-order valence-corrected chi connectivity index (χ4v) is 2.67. The molecule has 0 bridgehead atoms. The first-order valence-corrected chi connectivity index (χ1v) is 8.02. The van der Waals surface area contributed by atoms with Gasteiger partial charge in [-0.05, 0) is 36.6 Å². The van der Waals surface area contributed by atoms with Gasteiger partial charge in [0.15, 0.2) is 0 Å². The van der Waals surface area contributed by atoms with Gasteiger partial charge in [-0.2, -0.15) is 5.10 Å². The summed E-state index contributed by atoms with van der Waals surface area (Å²) in [5.41, 5.74) is 0.653. The largest absolute Gasteiger partial charge is 0.508 e. The van der Waals surface area contributed by atoms with Gasteiger partial charge in [-0.1, -0.05) is 12.1 Å². The first-order chi connectivity index (χ1) is 11.6. The number of benzene rings is 1. The number of nitrogens with zero attached hydrogens (tertiary/aromatic N) is 2. The minimum atomic E-state index is -0.859. The molecular weight excluding hydrogens is 308 g/mol. The molecule has 1 saturated carbocycles. The minimum Gasteiger partial charge on any atom is -0.508 e. The summed E-state index contributed by atoms with van der Waals surface area (Å²) in [7, 11) is 0. The molecule has 7 nitrogen and oxygen atoms in total. The highest BCUT2D eigenvalue weighted by atomic mass is 16.3. The van der Waals surface area contributed by atoms with Crippen LogP contribution < -0.4 is 10.6 Å². The van der Waals surface area contributed by atoms with Crippen LogP contribution in [0, 0.1) is 5.41 Å². The van der Waals surface area contributed by atoms with Gasteiger partial charge in [0.05, 0.1) is 6.10 Å². The summed E-state index contributed by atoms with van der Waals surface area (Å²) in [6.07, 6.45) is 4.95. The highest BCUT2D eigenvalue weighted by Gasteiger charge is 2.43. The summed E-state index contributed by atoms with van der Waals surface area (Å²) in [6.45, 7) is 1.47. The predicted octanol–water partition coefficient (Wildman–Crippen LogP) is 1.40. The molecule has 24 heavy (non-hydrogen) atoms. The van der Waals surface area contributed by atoms with E-state index in [0.29, 0.717) is 12.1 Å². The summed E-state index contributed by atoms with van der Waals surface area (Å²) < 4.78 is 1.89. The van der Waals surface area contributed by atoms with Crippen LogP contribution in [0.4, 0.5) is 4.79 Å². The van der Waals surface area contributed by atoms with Crippen molar-refractivity contribution >= 4 is 6.03 Å². The standard InChI is InChI=1S/C17H22N4O3/c22-14-4-1-3-13(9-14)15(23)10-18-16(24)19-11-17(5-6-17)12-21-8-2-7-20-21/h1-4,7-9,15,22-23H,5-6,10-12H2,(H2,18,19,24)/t15-/m0/s1. The van der Waals surface area contributed by atoms with Gasteiger partial charge in [-0.15, -0.1) is 0 Å². The number of amides is 2. The molecule has 1 heterocycles. The second kappa shape index (κ2) is 6.92. The lowest BCUT2D eigenvalue weighted by Gasteiger charge is -2.17. The molecule has 0 aliphatic heterocycles. The number of nitrogens with one attached hydrogen (secondary N) is 2. The third kappa shape index (κ3) is 4.26. The van der Waals surface area contributed by atoms with Crippen LogP contribution in [0.5, 0.6) is 5.75 Å². The van der Waals surface area contributed by atoms with E-state index in [9.17, 15) is 15.0 Å². The number of phenolic OH excluding ortho intramolecular Hbond substituents is 1. The summed E-state index contributed by atoms with van der Waals surface area (Å²) >= 11 is 0. The van der Waals surface area contributed by atoms with Crippen molar-refractivity contribution in [3.05, 3.63) is 48.3 Å². The Hall–Kier alpha value is -2.54. The van der Waals surface area contributed by atoms with E-state index in [4.69, 9.17) is 0 Å². The third-order valence-corrected chi connectivity index (χ3v) is 4.35. The fraction of sp³-hybridized carbons (Fsp3) is 0.412. The molecule has 1 aliphatic rings. The van der Waals surface area contributed by atoms with E-state index >= 15 is 0 Å². The number of aromatic hydroxyl groups is 1. The predicted molar refractivity (Wildman–Crippen MR) is 88.4 cm³/mol. The Kier molecular flexibility index (Phi) is 4.71. The Bertz CT molecular complexity index is 683. The summed E-state index contributed by atoms with van der Waals surface area (Å²) in [5.74, 6) is 0.0882. The van der Waals surface area contributed by atoms with Crippen molar-refractivity contribution in [1.29, 1.82) is 0 Å². The van der Waals surface area contributed by atoms with Gasteiger partial charge in [-0.3, -0.25) is 4.68 Å². The smallest absolute Gasteiger partial charge is 0.314 e. The summed E-state index contributed by atoms with van der Waals surface area (Å²) in [5, 5.41) is 29.2. The van der Waals surface area contributed by atoms with Gasteiger partial charge in [0.25, 0.3) is 0 Å².